The van der Waals surface area contributed by atoms with E-state index in [-0.39, 0.29) is 18.1 Å². The Morgan fingerprint density at radius 2 is 1.93 bits per heavy atom. The van der Waals surface area contributed by atoms with Gasteiger partial charge in [-0.2, -0.15) is 0 Å². The molecule has 3 rings (SSSR count). The van der Waals surface area contributed by atoms with Gasteiger partial charge in [0.15, 0.2) is 5.96 Å². The molecule has 30 heavy (non-hydrogen) atoms. The van der Waals surface area contributed by atoms with E-state index in [2.05, 4.69) is 21.5 Å². The Morgan fingerprint density at radius 3 is 2.63 bits per heavy atom. The number of rotatable bonds is 4. The van der Waals surface area contributed by atoms with Crippen molar-refractivity contribution in [3.63, 3.8) is 0 Å². The summed E-state index contributed by atoms with van der Waals surface area (Å²) in [6, 6.07) is 10.5. The molecule has 0 radical (unpaired) electrons. The SMILES string of the molecule is C#Cc1cccc(NC(=O)CNC(=NC)N2CCN(c3cc(F)ccc3F)CC2)c1. The number of nitrogens with zero attached hydrogens (tertiary/aromatic N) is 3. The van der Waals surface area contributed by atoms with Gasteiger partial charge in [-0.3, -0.25) is 9.79 Å². The highest BCUT2D eigenvalue weighted by Gasteiger charge is 2.22. The first-order valence-corrected chi connectivity index (χ1v) is 9.52. The average molecular weight is 411 g/mol. The third-order valence-corrected chi connectivity index (χ3v) is 4.76. The summed E-state index contributed by atoms with van der Waals surface area (Å²) in [5, 5.41) is 5.82. The Kier molecular flexibility index (Phi) is 6.86. The number of guanidine groups is 1. The number of anilines is 2. The number of carbonyl (C=O) groups excluding carboxylic acids is 1. The molecule has 1 heterocycles. The van der Waals surface area contributed by atoms with Crippen LogP contribution in [0.3, 0.4) is 0 Å². The van der Waals surface area contributed by atoms with Crippen LogP contribution in [0.1, 0.15) is 5.56 Å². The Hall–Kier alpha value is -3.60. The fraction of sp³-hybridized carbons (Fsp3) is 0.273. The predicted molar refractivity (Wildman–Crippen MR) is 115 cm³/mol. The van der Waals surface area contributed by atoms with Crippen molar-refractivity contribution in [3.8, 4) is 12.3 Å². The van der Waals surface area contributed by atoms with Crippen molar-refractivity contribution in [2.45, 2.75) is 0 Å². The highest BCUT2D eigenvalue weighted by Crippen LogP contribution is 2.21. The molecular weight excluding hydrogens is 388 g/mol. The summed E-state index contributed by atoms with van der Waals surface area (Å²) in [6.45, 7) is 2.16. The monoisotopic (exact) mass is 411 g/mol. The maximum Gasteiger partial charge on any atom is 0.243 e. The standard InChI is InChI=1S/C22H23F2N5O/c1-3-16-5-4-6-18(13-16)27-21(30)15-26-22(25-2)29-11-9-28(10-12-29)20-14-17(23)7-8-19(20)24/h1,4-8,13-14H,9-12,15H2,2H3,(H,25,26)(H,27,30). The number of aliphatic imine (C=N–C) groups is 1. The Labute approximate surface area is 174 Å². The van der Waals surface area contributed by atoms with Gasteiger partial charge in [0.2, 0.25) is 5.91 Å². The number of hydrogen-bond donors (Lipinski definition) is 2. The van der Waals surface area contributed by atoms with Crippen LogP contribution >= 0.6 is 0 Å². The van der Waals surface area contributed by atoms with Crippen molar-refractivity contribution in [3.05, 3.63) is 59.7 Å². The van der Waals surface area contributed by atoms with Crippen LogP contribution < -0.4 is 15.5 Å². The van der Waals surface area contributed by atoms with Crippen molar-refractivity contribution in [2.75, 3.05) is 50.0 Å². The number of halogens is 2. The van der Waals surface area contributed by atoms with Gasteiger partial charge in [0.1, 0.15) is 11.6 Å². The summed E-state index contributed by atoms with van der Waals surface area (Å²) >= 11 is 0. The number of nitrogens with one attached hydrogen (secondary N) is 2. The first kappa shape index (κ1) is 21.1. The highest BCUT2D eigenvalue weighted by molar-refractivity contribution is 5.95. The van der Waals surface area contributed by atoms with Gasteiger partial charge in [-0.05, 0) is 30.3 Å². The molecule has 0 aromatic heterocycles. The van der Waals surface area contributed by atoms with Crippen molar-refractivity contribution in [2.24, 2.45) is 4.99 Å². The van der Waals surface area contributed by atoms with Crippen molar-refractivity contribution in [1.29, 1.82) is 0 Å². The van der Waals surface area contributed by atoms with Gasteiger partial charge in [0, 0.05) is 50.5 Å². The lowest BCUT2D eigenvalue weighted by Gasteiger charge is -2.37. The molecule has 0 unspecified atom stereocenters. The summed E-state index contributed by atoms with van der Waals surface area (Å²) in [7, 11) is 1.63. The Morgan fingerprint density at radius 1 is 1.17 bits per heavy atom. The number of amides is 1. The third-order valence-electron chi connectivity index (χ3n) is 4.76. The van der Waals surface area contributed by atoms with Gasteiger partial charge in [-0.15, -0.1) is 6.42 Å². The molecule has 0 spiro atoms. The first-order valence-electron chi connectivity index (χ1n) is 9.52. The molecule has 0 atom stereocenters. The molecule has 1 aliphatic rings. The van der Waals surface area contributed by atoms with E-state index in [9.17, 15) is 13.6 Å². The quantitative estimate of drug-likeness (QED) is 0.461. The van der Waals surface area contributed by atoms with E-state index in [0.717, 1.165) is 12.1 Å². The number of benzene rings is 2. The minimum absolute atomic E-state index is 0.0334. The van der Waals surface area contributed by atoms with Crippen LogP contribution in [0.2, 0.25) is 0 Å². The van der Waals surface area contributed by atoms with Crippen LogP contribution in [0.15, 0.2) is 47.5 Å². The molecule has 156 valence electrons. The molecule has 1 amide bonds. The van der Waals surface area contributed by atoms with Gasteiger partial charge in [0.25, 0.3) is 0 Å². The van der Waals surface area contributed by atoms with Crippen molar-refractivity contribution < 1.29 is 13.6 Å². The van der Waals surface area contributed by atoms with E-state index in [0.29, 0.717) is 43.4 Å². The van der Waals surface area contributed by atoms with Crippen LogP contribution in [0.25, 0.3) is 0 Å². The number of terminal acetylenes is 1. The molecule has 1 fully saturated rings. The molecule has 2 aromatic rings. The summed E-state index contributed by atoms with van der Waals surface area (Å²) in [4.78, 5) is 20.2. The summed E-state index contributed by atoms with van der Waals surface area (Å²) in [5.41, 5.74) is 1.56. The molecule has 1 aliphatic heterocycles. The second-order valence-corrected chi connectivity index (χ2v) is 6.74. The fourth-order valence-corrected chi connectivity index (χ4v) is 3.27. The molecule has 0 saturated carbocycles. The maximum absolute atomic E-state index is 14.0. The van der Waals surface area contributed by atoms with Gasteiger partial charge in [0.05, 0.1) is 12.2 Å². The summed E-state index contributed by atoms with van der Waals surface area (Å²) < 4.78 is 27.5. The highest BCUT2D eigenvalue weighted by atomic mass is 19.1. The van der Waals surface area contributed by atoms with E-state index in [1.165, 1.54) is 6.07 Å². The first-order chi connectivity index (χ1) is 14.5. The molecule has 8 heteroatoms. The number of piperazine rings is 1. The summed E-state index contributed by atoms with van der Waals surface area (Å²) in [5.74, 6) is 1.95. The number of carbonyl (C=O) groups is 1. The van der Waals surface area contributed by atoms with E-state index < -0.39 is 11.6 Å². The lowest BCUT2D eigenvalue weighted by atomic mass is 10.2. The minimum Gasteiger partial charge on any atom is -0.366 e. The van der Waals surface area contributed by atoms with Gasteiger partial charge >= 0.3 is 0 Å². The zero-order chi connectivity index (χ0) is 21.5. The smallest absolute Gasteiger partial charge is 0.243 e. The van der Waals surface area contributed by atoms with Crippen molar-refractivity contribution in [1.82, 2.24) is 10.2 Å². The Balaban J connectivity index is 1.51. The second-order valence-electron chi connectivity index (χ2n) is 6.74. The zero-order valence-electron chi connectivity index (χ0n) is 16.7. The molecule has 2 aromatic carbocycles. The van der Waals surface area contributed by atoms with E-state index >= 15 is 0 Å². The van der Waals surface area contributed by atoms with Crippen LogP contribution in [0, 0.1) is 24.0 Å². The minimum atomic E-state index is -0.468. The zero-order valence-corrected chi connectivity index (χ0v) is 16.7. The van der Waals surface area contributed by atoms with Crippen LogP contribution in [-0.2, 0) is 4.79 Å². The largest absolute Gasteiger partial charge is 0.366 e. The Bertz CT molecular complexity index is 978. The third kappa shape index (κ3) is 5.26. The fourth-order valence-electron chi connectivity index (χ4n) is 3.27. The second kappa shape index (κ2) is 9.74. The van der Waals surface area contributed by atoms with Crippen LogP contribution in [0.5, 0.6) is 0 Å². The van der Waals surface area contributed by atoms with Gasteiger partial charge in [-0.1, -0.05) is 12.0 Å². The maximum atomic E-state index is 14.0. The van der Waals surface area contributed by atoms with Gasteiger partial charge in [-0.25, -0.2) is 8.78 Å². The van der Waals surface area contributed by atoms with Crippen LogP contribution in [0.4, 0.5) is 20.2 Å². The molecule has 2 N–H and O–H groups in total. The van der Waals surface area contributed by atoms with Crippen LogP contribution in [-0.4, -0.2) is 56.5 Å². The molecule has 0 aliphatic carbocycles. The van der Waals surface area contributed by atoms with Crippen molar-refractivity contribution >= 4 is 23.2 Å². The lowest BCUT2D eigenvalue weighted by Crippen LogP contribution is -2.53. The van der Waals surface area contributed by atoms with E-state index in [4.69, 9.17) is 6.42 Å². The van der Waals surface area contributed by atoms with E-state index in [1.54, 1.807) is 36.2 Å². The van der Waals surface area contributed by atoms with Gasteiger partial charge < -0.3 is 20.4 Å². The molecule has 1 saturated heterocycles. The normalized spacial score (nSPS) is 14.3. The molecule has 6 nitrogen and oxygen atoms in total. The summed E-state index contributed by atoms with van der Waals surface area (Å²) in [6.07, 6.45) is 5.37. The topological polar surface area (TPSA) is 60.0 Å². The predicted octanol–water partition coefficient (Wildman–Crippen LogP) is 2.28. The molecular formula is C22H23F2N5O. The lowest BCUT2D eigenvalue weighted by molar-refractivity contribution is -0.115. The van der Waals surface area contributed by atoms with E-state index in [1.807, 2.05) is 4.90 Å². The average Bonchev–Trinajstić information content (AvgIpc) is 2.76. The molecule has 0 bridgehead atoms. The number of hydrogen-bond acceptors (Lipinski definition) is 3.